The van der Waals surface area contributed by atoms with E-state index in [4.69, 9.17) is 11.1 Å². The summed E-state index contributed by atoms with van der Waals surface area (Å²) in [6, 6.07) is 0. The fourth-order valence-electron chi connectivity index (χ4n) is 0.728. The monoisotopic (exact) mass is 245 g/mol. The van der Waals surface area contributed by atoms with Gasteiger partial charge in [0.15, 0.2) is 4.34 Å². The van der Waals surface area contributed by atoms with Crippen LogP contribution < -0.4 is 10.6 Å². The van der Waals surface area contributed by atoms with Gasteiger partial charge < -0.3 is 10.6 Å². The van der Waals surface area contributed by atoms with Gasteiger partial charge in [0.1, 0.15) is 0 Å². The second kappa shape index (κ2) is 5.32. The third kappa shape index (κ3) is 3.67. The zero-order valence-corrected chi connectivity index (χ0v) is 10.7. The van der Waals surface area contributed by atoms with Crippen molar-refractivity contribution < 1.29 is 0 Å². The first-order valence-corrected chi connectivity index (χ1v) is 6.28. The highest BCUT2D eigenvalue weighted by Crippen LogP contribution is 2.27. The molecule has 0 aromatic carbocycles. The lowest BCUT2D eigenvalue weighted by Gasteiger charge is -2.06. The van der Waals surface area contributed by atoms with Crippen molar-refractivity contribution in [2.45, 2.75) is 11.3 Å². The van der Waals surface area contributed by atoms with Gasteiger partial charge in [-0.1, -0.05) is 30.0 Å². The maximum Gasteiger partial charge on any atom is 0.208 e. The average Bonchev–Trinajstić information content (AvgIpc) is 2.62. The summed E-state index contributed by atoms with van der Waals surface area (Å²) in [6.45, 7) is 1.93. The van der Waals surface area contributed by atoms with E-state index in [9.17, 15) is 0 Å². The number of amidine groups is 1. The standard InChI is InChI=1S/C8H15N5S2/c1-5(6(9)10)4-14-8-12-11-7(15-8)13(2)3/h5H,4H2,1-3H3,(H3,9,10). The lowest BCUT2D eigenvalue weighted by atomic mass is 10.2. The number of rotatable bonds is 5. The Morgan fingerprint density at radius 3 is 2.73 bits per heavy atom. The van der Waals surface area contributed by atoms with Crippen molar-refractivity contribution in [3.63, 3.8) is 0 Å². The Kier molecular flexibility index (Phi) is 4.34. The fourth-order valence-corrected chi connectivity index (χ4v) is 2.56. The molecule has 1 aromatic rings. The zero-order valence-electron chi connectivity index (χ0n) is 9.02. The minimum absolute atomic E-state index is 0.0849. The molecule has 0 spiro atoms. The van der Waals surface area contributed by atoms with Crippen molar-refractivity contribution in [1.29, 1.82) is 5.41 Å². The Balaban J connectivity index is 2.47. The highest BCUT2D eigenvalue weighted by Gasteiger charge is 2.10. The molecular formula is C8H15N5S2. The number of nitrogens with one attached hydrogen (secondary N) is 1. The van der Waals surface area contributed by atoms with Gasteiger partial charge in [0.25, 0.3) is 0 Å². The molecule has 0 radical (unpaired) electrons. The average molecular weight is 245 g/mol. The Morgan fingerprint density at radius 1 is 1.60 bits per heavy atom. The summed E-state index contributed by atoms with van der Waals surface area (Å²) in [4.78, 5) is 1.93. The molecule has 0 aliphatic carbocycles. The van der Waals surface area contributed by atoms with E-state index in [1.807, 2.05) is 25.9 Å². The van der Waals surface area contributed by atoms with Gasteiger partial charge in [-0.25, -0.2) is 0 Å². The van der Waals surface area contributed by atoms with Crippen molar-refractivity contribution >= 4 is 34.1 Å². The van der Waals surface area contributed by atoms with E-state index < -0.39 is 0 Å². The first-order chi connectivity index (χ1) is 7.00. The molecule has 5 nitrogen and oxygen atoms in total. The first kappa shape index (κ1) is 12.3. The second-order valence-corrected chi connectivity index (χ2v) is 5.64. The van der Waals surface area contributed by atoms with Gasteiger partial charge in [0.05, 0.1) is 5.84 Å². The lowest BCUT2D eigenvalue weighted by Crippen LogP contribution is -2.21. The number of nitrogens with zero attached hydrogens (tertiary/aromatic N) is 3. The molecule has 0 saturated heterocycles. The Labute approximate surface area is 97.6 Å². The quantitative estimate of drug-likeness (QED) is 0.464. The summed E-state index contributed by atoms with van der Waals surface area (Å²) >= 11 is 3.14. The minimum Gasteiger partial charge on any atom is -0.387 e. The molecule has 1 atom stereocenters. The smallest absolute Gasteiger partial charge is 0.208 e. The predicted molar refractivity (Wildman–Crippen MR) is 66.0 cm³/mol. The highest BCUT2D eigenvalue weighted by atomic mass is 32.2. The number of hydrogen-bond acceptors (Lipinski definition) is 6. The van der Waals surface area contributed by atoms with Gasteiger partial charge in [-0.15, -0.1) is 10.2 Å². The molecular weight excluding hydrogens is 230 g/mol. The molecule has 15 heavy (non-hydrogen) atoms. The van der Waals surface area contributed by atoms with Crippen LogP contribution in [0.1, 0.15) is 6.92 Å². The summed E-state index contributed by atoms with van der Waals surface area (Å²) in [5.41, 5.74) is 5.38. The lowest BCUT2D eigenvalue weighted by molar-refractivity contribution is 0.876. The van der Waals surface area contributed by atoms with E-state index in [0.29, 0.717) is 0 Å². The Morgan fingerprint density at radius 2 is 2.27 bits per heavy atom. The van der Waals surface area contributed by atoms with E-state index in [1.54, 1.807) is 23.1 Å². The molecule has 7 heteroatoms. The summed E-state index contributed by atoms with van der Waals surface area (Å²) in [7, 11) is 3.88. The molecule has 0 saturated carbocycles. The van der Waals surface area contributed by atoms with Crippen LogP contribution in [0.3, 0.4) is 0 Å². The summed E-state index contributed by atoms with van der Waals surface area (Å²) in [5.74, 6) is 1.08. The van der Waals surface area contributed by atoms with Crippen LogP contribution in [0.2, 0.25) is 0 Å². The van der Waals surface area contributed by atoms with Crippen LogP contribution >= 0.6 is 23.1 Å². The van der Waals surface area contributed by atoms with Crippen LogP contribution in [-0.2, 0) is 0 Å². The second-order valence-electron chi connectivity index (χ2n) is 3.41. The van der Waals surface area contributed by atoms with Crippen molar-refractivity contribution in [3.8, 4) is 0 Å². The van der Waals surface area contributed by atoms with E-state index in [-0.39, 0.29) is 11.8 Å². The van der Waals surface area contributed by atoms with Crippen molar-refractivity contribution in [1.82, 2.24) is 10.2 Å². The van der Waals surface area contributed by atoms with Crippen LogP contribution in [0.25, 0.3) is 0 Å². The number of hydrogen-bond donors (Lipinski definition) is 2. The van der Waals surface area contributed by atoms with Crippen LogP contribution in [0.5, 0.6) is 0 Å². The summed E-state index contributed by atoms with van der Waals surface area (Å²) in [5, 5.41) is 16.2. The Hall–Kier alpha value is -0.820. The molecule has 3 N–H and O–H groups in total. The molecule has 0 fully saturated rings. The molecule has 1 rings (SSSR count). The van der Waals surface area contributed by atoms with Crippen LogP contribution in [-0.4, -0.2) is 35.9 Å². The van der Waals surface area contributed by atoms with Gasteiger partial charge in [-0.2, -0.15) is 0 Å². The predicted octanol–water partition coefficient (Wildman–Crippen LogP) is 1.27. The highest BCUT2D eigenvalue weighted by molar-refractivity contribution is 8.01. The third-order valence-electron chi connectivity index (χ3n) is 1.77. The molecule has 1 aromatic heterocycles. The molecule has 84 valence electrons. The van der Waals surface area contributed by atoms with Crippen molar-refractivity contribution in [2.24, 2.45) is 11.7 Å². The molecule has 0 aliphatic heterocycles. The van der Waals surface area contributed by atoms with Gasteiger partial charge in [0, 0.05) is 25.8 Å². The third-order valence-corrected chi connectivity index (χ3v) is 4.25. The molecule has 0 bridgehead atoms. The van der Waals surface area contributed by atoms with Crippen LogP contribution in [0.4, 0.5) is 5.13 Å². The van der Waals surface area contributed by atoms with E-state index in [1.165, 1.54) is 0 Å². The number of aromatic nitrogens is 2. The first-order valence-electron chi connectivity index (χ1n) is 4.48. The van der Waals surface area contributed by atoms with Gasteiger partial charge in [-0.05, 0) is 0 Å². The van der Waals surface area contributed by atoms with E-state index in [0.717, 1.165) is 15.2 Å². The molecule has 0 amide bonds. The summed E-state index contributed by atoms with van der Waals surface area (Å²) < 4.78 is 0.923. The maximum absolute atomic E-state index is 7.26. The number of nitrogens with two attached hydrogens (primary N) is 1. The van der Waals surface area contributed by atoms with Crippen LogP contribution in [0.15, 0.2) is 4.34 Å². The molecule has 1 unspecified atom stereocenters. The number of anilines is 1. The van der Waals surface area contributed by atoms with Crippen LogP contribution in [0, 0.1) is 11.3 Å². The van der Waals surface area contributed by atoms with Gasteiger partial charge in [0.2, 0.25) is 5.13 Å². The fraction of sp³-hybridized carbons (Fsp3) is 0.625. The number of thioether (sulfide) groups is 1. The SMILES string of the molecule is CC(CSc1nnc(N(C)C)s1)C(=N)N. The van der Waals surface area contributed by atoms with E-state index >= 15 is 0 Å². The normalized spacial score (nSPS) is 12.5. The Bertz CT molecular complexity index is 336. The zero-order chi connectivity index (χ0) is 11.4. The maximum atomic E-state index is 7.26. The van der Waals surface area contributed by atoms with Gasteiger partial charge >= 0.3 is 0 Å². The topological polar surface area (TPSA) is 78.9 Å². The minimum atomic E-state index is 0.0849. The van der Waals surface area contributed by atoms with Crippen molar-refractivity contribution in [2.75, 3.05) is 24.7 Å². The largest absolute Gasteiger partial charge is 0.387 e. The molecule has 0 aliphatic rings. The molecule has 1 heterocycles. The summed E-state index contributed by atoms with van der Waals surface area (Å²) in [6.07, 6.45) is 0. The van der Waals surface area contributed by atoms with E-state index in [2.05, 4.69) is 10.2 Å². The van der Waals surface area contributed by atoms with Crippen molar-refractivity contribution in [3.05, 3.63) is 0 Å². The van der Waals surface area contributed by atoms with Gasteiger partial charge in [-0.3, -0.25) is 5.41 Å².